The molecule has 1 aliphatic carbocycles. The van der Waals surface area contributed by atoms with Crippen molar-refractivity contribution >= 4 is 0 Å². The molecule has 2 heteroatoms. The molecular weight excluding hydrogens is 234 g/mol. The Labute approximate surface area is 115 Å². The van der Waals surface area contributed by atoms with Crippen LogP contribution in [0.25, 0.3) is 0 Å². The van der Waals surface area contributed by atoms with E-state index in [1.807, 2.05) is 0 Å². The van der Waals surface area contributed by atoms with E-state index in [1.165, 1.54) is 11.1 Å². The zero-order valence-electron chi connectivity index (χ0n) is 11.8. The van der Waals surface area contributed by atoms with Crippen LogP contribution in [0, 0.1) is 16.7 Å². The van der Waals surface area contributed by atoms with Crippen LogP contribution in [0.5, 0.6) is 0 Å². The summed E-state index contributed by atoms with van der Waals surface area (Å²) in [5.41, 5.74) is 2.45. The second-order valence-corrected chi connectivity index (χ2v) is 6.76. The van der Waals surface area contributed by atoms with Gasteiger partial charge < -0.3 is 4.74 Å². The maximum atomic E-state index is 9.67. The highest BCUT2D eigenvalue weighted by Gasteiger charge is 2.42. The minimum Gasteiger partial charge on any atom is -0.372 e. The Kier molecular flexibility index (Phi) is 2.91. The van der Waals surface area contributed by atoms with Crippen molar-refractivity contribution in [3.8, 4) is 6.07 Å². The average Bonchev–Trinajstić information content (AvgIpc) is 2.90. The first kappa shape index (κ1) is 12.7. The zero-order chi connectivity index (χ0) is 13.5. The van der Waals surface area contributed by atoms with Gasteiger partial charge in [0.05, 0.1) is 23.2 Å². The summed E-state index contributed by atoms with van der Waals surface area (Å²) in [5, 5.41) is 9.67. The number of rotatable bonds is 2. The summed E-state index contributed by atoms with van der Waals surface area (Å²) in [6.45, 7) is 4.30. The van der Waals surface area contributed by atoms with Gasteiger partial charge in [-0.3, -0.25) is 0 Å². The lowest BCUT2D eigenvalue weighted by Gasteiger charge is -2.26. The summed E-state index contributed by atoms with van der Waals surface area (Å²) in [6, 6.07) is 11.1. The molecule has 0 radical (unpaired) electrons. The number of nitrogens with zero attached hydrogens (tertiary/aromatic N) is 1. The molecule has 1 saturated heterocycles. The molecule has 2 nitrogen and oxygen atoms in total. The SMILES string of the molecule is CC1(C)CCC(CC2(C#N)Cc3ccccc3C2)O1. The maximum Gasteiger partial charge on any atom is 0.0697 e. The van der Waals surface area contributed by atoms with Gasteiger partial charge in [-0.25, -0.2) is 0 Å². The topological polar surface area (TPSA) is 33.0 Å². The molecule has 2 aliphatic rings. The third-order valence-corrected chi connectivity index (χ3v) is 4.59. The molecule has 0 amide bonds. The van der Waals surface area contributed by atoms with Crippen molar-refractivity contribution in [1.82, 2.24) is 0 Å². The smallest absolute Gasteiger partial charge is 0.0697 e. The van der Waals surface area contributed by atoms with Crippen LogP contribution in [0.3, 0.4) is 0 Å². The van der Waals surface area contributed by atoms with Gasteiger partial charge in [-0.05, 0) is 57.1 Å². The number of hydrogen-bond acceptors (Lipinski definition) is 2. The van der Waals surface area contributed by atoms with Gasteiger partial charge in [0.2, 0.25) is 0 Å². The molecule has 0 aromatic heterocycles. The predicted molar refractivity (Wildman–Crippen MR) is 74.7 cm³/mol. The Morgan fingerprint density at radius 3 is 2.37 bits per heavy atom. The van der Waals surface area contributed by atoms with Crippen LogP contribution in [0.4, 0.5) is 0 Å². The van der Waals surface area contributed by atoms with Gasteiger partial charge >= 0.3 is 0 Å². The highest BCUT2D eigenvalue weighted by Crippen LogP contribution is 2.43. The number of hydrogen-bond donors (Lipinski definition) is 0. The van der Waals surface area contributed by atoms with E-state index in [4.69, 9.17) is 4.74 Å². The minimum atomic E-state index is -0.241. The van der Waals surface area contributed by atoms with Gasteiger partial charge in [-0.15, -0.1) is 0 Å². The van der Waals surface area contributed by atoms with Gasteiger partial charge in [0, 0.05) is 0 Å². The highest BCUT2D eigenvalue weighted by molar-refractivity contribution is 5.37. The first-order valence-electron chi connectivity index (χ1n) is 7.18. The van der Waals surface area contributed by atoms with Crippen molar-refractivity contribution < 1.29 is 4.74 Å². The summed E-state index contributed by atoms with van der Waals surface area (Å²) < 4.78 is 6.09. The Hall–Kier alpha value is -1.33. The van der Waals surface area contributed by atoms with Crippen molar-refractivity contribution in [2.45, 2.75) is 57.7 Å². The minimum absolute atomic E-state index is 0.00717. The van der Waals surface area contributed by atoms with Crippen molar-refractivity contribution in [3.63, 3.8) is 0 Å². The van der Waals surface area contributed by atoms with Crippen LogP contribution in [-0.2, 0) is 17.6 Å². The van der Waals surface area contributed by atoms with Gasteiger partial charge in [0.15, 0.2) is 0 Å². The van der Waals surface area contributed by atoms with Crippen LogP contribution in [0.1, 0.15) is 44.2 Å². The molecule has 1 unspecified atom stereocenters. The lowest BCUT2D eigenvalue weighted by molar-refractivity contribution is -0.0291. The predicted octanol–water partition coefficient (Wildman–Crippen LogP) is 3.64. The van der Waals surface area contributed by atoms with Gasteiger partial charge in [0.25, 0.3) is 0 Å². The second-order valence-electron chi connectivity index (χ2n) is 6.76. The fourth-order valence-electron chi connectivity index (χ4n) is 3.62. The largest absolute Gasteiger partial charge is 0.372 e. The van der Waals surface area contributed by atoms with E-state index >= 15 is 0 Å². The van der Waals surface area contributed by atoms with E-state index in [0.29, 0.717) is 0 Å². The van der Waals surface area contributed by atoms with E-state index in [0.717, 1.165) is 32.1 Å². The molecule has 0 N–H and O–H groups in total. The normalized spacial score (nSPS) is 26.9. The van der Waals surface area contributed by atoms with E-state index in [9.17, 15) is 5.26 Å². The van der Waals surface area contributed by atoms with E-state index in [2.05, 4.69) is 44.2 Å². The molecule has 1 aromatic carbocycles. The first-order valence-corrected chi connectivity index (χ1v) is 7.18. The molecule has 1 atom stereocenters. The molecular formula is C17H21NO. The second kappa shape index (κ2) is 4.35. The Morgan fingerprint density at radius 2 is 1.89 bits per heavy atom. The summed E-state index contributed by atoms with van der Waals surface area (Å²) in [6.07, 6.45) is 5.10. The number of ether oxygens (including phenoxy) is 1. The van der Waals surface area contributed by atoms with Crippen molar-refractivity contribution in [1.29, 1.82) is 5.26 Å². The summed E-state index contributed by atoms with van der Waals surface area (Å²) in [4.78, 5) is 0. The van der Waals surface area contributed by atoms with Crippen LogP contribution in [0.15, 0.2) is 24.3 Å². The van der Waals surface area contributed by atoms with Crippen molar-refractivity contribution in [2.24, 2.45) is 5.41 Å². The molecule has 0 saturated carbocycles. The standard InChI is InChI=1S/C17H21NO/c1-16(2)8-7-15(19-16)11-17(12-18)9-13-5-3-4-6-14(13)10-17/h3-6,15H,7-11H2,1-2H3. The number of benzene rings is 1. The monoisotopic (exact) mass is 255 g/mol. The molecule has 0 spiro atoms. The van der Waals surface area contributed by atoms with E-state index in [-0.39, 0.29) is 17.1 Å². The molecule has 1 fully saturated rings. The lowest BCUT2D eigenvalue weighted by atomic mass is 9.80. The van der Waals surface area contributed by atoms with Gasteiger partial charge in [-0.2, -0.15) is 5.26 Å². The quantitative estimate of drug-likeness (QED) is 0.808. The molecule has 19 heavy (non-hydrogen) atoms. The molecule has 100 valence electrons. The van der Waals surface area contributed by atoms with E-state index in [1.54, 1.807) is 0 Å². The summed E-state index contributed by atoms with van der Waals surface area (Å²) in [7, 11) is 0. The van der Waals surface area contributed by atoms with Crippen LogP contribution < -0.4 is 0 Å². The van der Waals surface area contributed by atoms with Crippen LogP contribution >= 0.6 is 0 Å². The van der Waals surface area contributed by atoms with E-state index < -0.39 is 0 Å². The van der Waals surface area contributed by atoms with Gasteiger partial charge in [-0.1, -0.05) is 24.3 Å². The fraction of sp³-hybridized carbons (Fsp3) is 0.588. The third kappa shape index (κ3) is 2.40. The Balaban J connectivity index is 1.75. The Bertz CT molecular complexity index is 501. The lowest BCUT2D eigenvalue weighted by Crippen LogP contribution is -2.28. The van der Waals surface area contributed by atoms with Crippen molar-refractivity contribution in [2.75, 3.05) is 0 Å². The summed E-state index contributed by atoms with van der Waals surface area (Å²) >= 11 is 0. The molecule has 1 aliphatic heterocycles. The van der Waals surface area contributed by atoms with Gasteiger partial charge in [0.1, 0.15) is 0 Å². The average molecular weight is 255 g/mol. The number of fused-ring (bicyclic) bond motifs is 1. The van der Waals surface area contributed by atoms with Crippen molar-refractivity contribution in [3.05, 3.63) is 35.4 Å². The maximum absolute atomic E-state index is 9.67. The third-order valence-electron chi connectivity index (χ3n) is 4.59. The molecule has 1 aromatic rings. The molecule has 3 rings (SSSR count). The highest BCUT2D eigenvalue weighted by atomic mass is 16.5. The van der Waals surface area contributed by atoms with Crippen LogP contribution in [0.2, 0.25) is 0 Å². The summed E-state index contributed by atoms with van der Waals surface area (Å²) in [5.74, 6) is 0. The van der Waals surface area contributed by atoms with Crippen LogP contribution in [-0.4, -0.2) is 11.7 Å². The zero-order valence-corrected chi connectivity index (χ0v) is 11.8. The molecule has 1 heterocycles. The number of nitriles is 1. The Morgan fingerprint density at radius 1 is 1.26 bits per heavy atom. The fourth-order valence-corrected chi connectivity index (χ4v) is 3.62. The molecule has 0 bridgehead atoms. The first-order chi connectivity index (χ1) is 9.02.